The number of nitrogens with one attached hydrogen (secondary N) is 1. The summed E-state index contributed by atoms with van der Waals surface area (Å²) in [5, 5.41) is 5.71. The molecular formula is C14H18N2S. The van der Waals surface area contributed by atoms with E-state index < -0.39 is 0 Å². The maximum atomic E-state index is 4.37. The molecule has 2 rings (SSSR count). The molecule has 2 heterocycles. The van der Waals surface area contributed by atoms with Crippen LogP contribution in [-0.2, 0) is 6.42 Å². The second kappa shape index (κ2) is 5.94. The maximum Gasteiger partial charge on any atom is 0.0570 e. The highest BCUT2D eigenvalue weighted by atomic mass is 32.1. The Morgan fingerprint density at radius 2 is 2.12 bits per heavy atom. The second-order valence-corrected chi connectivity index (χ2v) is 5.36. The van der Waals surface area contributed by atoms with Gasteiger partial charge in [0.15, 0.2) is 0 Å². The minimum atomic E-state index is 0.297. The molecule has 2 aromatic rings. The van der Waals surface area contributed by atoms with Crippen LogP contribution in [0.25, 0.3) is 0 Å². The van der Waals surface area contributed by atoms with Crippen molar-refractivity contribution in [1.29, 1.82) is 0 Å². The molecule has 17 heavy (non-hydrogen) atoms. The quantitative estimate of drug-likeness (QED) is 0.874. The standard InChI is InChI=1S/C14H18N2S/c1-11(10-13-6-5-9-17-13)16-12(2)14-7-3-4-8-15-14/h3-9,11-12,16H,10H2,1-2H3. The molecular weight excluding hydrogens is 228 g/mol. The molecule has 0 radical (unpaired) electrons. The first-order chi connectivity index (χ1) is 8.25. The number of rotatable bonds is 5. The smallest absolute Gasteiger partial charge is 0.0570 e. The highest BCUT2D eigenvalue weighted by Gasteiger charge is 2.10. The van der Waals surface area contributed by atoms with Crippen LogP contribution in [0.2, 0.25) is 0 Å². The molecule has 0 saturated carbocycles. The Morgan fingerprint density at radius 3 is 2.76 bits per heavy atom. The van der Waals surface area contributed by atoms with Crippen LogP contribution in [0.5, 0.6) is 0 Å². The lowest BCUT2D eigenvalue weighted by Gasteiger charge is -2.19. The maximum absolute atomic E-state index is 4.37. The zero-order valence-corrected chi connectivity index (χ0v) is 11.1. The summed E-state index contributed by atoms with van der Waals surface area (Å²) in [5.41, 5.74) is 1.10. The summed E-state index contributed by atoms with van der Waals surface area (Å²) in [6.45, 7) is 4.38. The van der Waals surface area contributed by atoms with E-state index in [0.29, 0.717) is 12.1 Å². The Balaban J connectivity index is 1.88. The van der Waals surface area contributed by atoms with Crippen molar-refractivity contribution in [3.05, 3.63) is 52.5 Å². The van der Waals surface area contributed by atoms with Crippen LogP contribution in [0.1, 0.15) is 30.5 Å². The van der Waals surface area contributed by atoms with Gasteiger partial charge in [0.1, 0.15) is 0 Å². The van der Waals surface area contributed by atoms with Gasteiger partial charge in [-0.3, -0.25) is 4.98 Å². The summed E-state index contributed by atoms with van der Waals surface area (Å²) in [5.74, 6) is 0. The molecule has 2 nitrogen and oxygen atoms in total. The van der Waals surface area contributed by atoms with Crippen LogP contribution in [0.4, 0.5) is 0 Å². The van der Waals surface area contributed by atoms with E-state index in [9.17, 15) is 0 Å². The minimum absolute atomic E-state index is 0.297. The Hall–Kier alpha value is -1.19. The average molecular weight is 246 g/mol. The van der Waals surface area contributed by atoms with E-state index >= 15 is 0 Å². The van der Waals surface area contributed by atoms with Crippen molar-refractivity contribution in [3.63, 3.8) is 0 Å². The molecule has 2 atom stereocenters. The summed E-state index contributed by atoms with van der Waals surface area (Å²) in [6, 6.07) is 11.1. The first-order valence-corrected chi connectivity index (χ1v) is 6.83. The van der Waals surface area contributed by atoms with E-state index in [-0.39, 0.29) is 0 Å². The molecule has 2 unspecified atom stereocenters. The molecule has 0 amide bonds. The Morgan fingerprint density at radius 1 is 1.24 bits per heavy atom. The summed E-state index contributed by atoms with van der Waals surface area (Å²) in [7, 11) is 0. The number of thiophene rings is 1. The lowest BCUT2D eigenvalue weighted by molar-refractivity contribution is 0.472. The Bertz CT molecular complexity index is 425. The van der Waals surface area contributed by atoms with Gasteiger partial charge in [0, 0.05) is 23.2 Å². The van der Waals surface area contributed by atoms with Gasteiger partial charge in [-0.1, -0.05) is 12.1 Å². The van der Waals surface area contributed by atoms with Gasteiger partial charge in [0.2, 0.25) is 0 Å². The molecule has 3 heteroatoms. The van der Waals surface area contributed by atoms with Crippen molar-refractivity contribution in [2.45, 2.75) is 32.4 Å². The highest BCUT2D eigenvalue weighted by Crippen LogP contribution is 2.14. The fraction of sp³-hybridized carbons (Fsp3) is 0.357. The normalized spacial score (nSPS) is 14.5. The molecule has 0 aliphatic carbocycles. The van der Waals surface area contributed by atoms with Gasteiger partial charge in [0.25, 0.3) is 0 Å². The molecule has 2 aromatic heterocycles. The topological polar surface area (TPSA) is 24.9 Å². The van der Waals surface area contributed by atoms with Crippen molar-refractivity contribution in [1.82, 2.24) is 10.3 Å². The van der Waals surface area contributed by atoms with Gasteiger partial charge in [-0.05, 0) is 43.8 Å². The van der Waals surface area contributed by atoms with E-state index in [0.717, 1.165) is 12.1 Å². The lowest BCUT2D eigenvalue weighted by atomic mass is 10.1. The molecule has 90 valence electrons. The van der Waals surface area contributed by atoms with Crippen molar-refractivity contribution in [2.24, 2.45) is 0 Å². The highest BCUT2D eigenvalue weighted by molar-refractivity contribution is 7.09. The van der Waals surface area contributed by atoms with E-state index in [1.54, 1.807) is 0 Å². The second-order valence-electron chi connectivity index (χ2n) is 4.33. The summed E-state index contributed by atoms with van der Waals surface area (Å²) >= 11 is 1.82. The Labute approximate surface area is 107 Å². The van der Waals surface area contributed by atoms with Gasteiger partial charge < -0.3 is 5.32 Å². The third kappa shape index (κ3) is 3.65. The molecule has 0 aliphatic heterocycles. The SMILES string of the molecule is CC(Cc1cccs1)NC(C)c1ccccn1. The van der Waals surface area contributed by atoms with Crippen molar-refractivity contribution >= 4 is 11.3 Å². The molecule has 0 spiro atoms. The predicted octanol–water partition coefficient (Wildman–Crippen LogP) is 3.42. The molecule has 0 bridgehead atoms. The lowest BCUT2D eigenvalue weighted by Crippen LogP contribution is -2.30. The number of nitrogens with zero attached hydrogens (tertiary/aromatic N) is 1. The van der Waals surface area contributed by atoms with Crippen molar-refractivity contribution in [3.8, 4) is 0 Å². The number of hydrogen-bond donors (Lipinski definition) is 1. The number of aromatic nitrogens is 1. The summed E-state index contributed by atoms with van der Waals surface area (Å²) in [6.07, 6.45) is 2.92. The third-order valence-electron chi connectivity index (χ3n) is 2.75. The molecule has 0 aromatic carbocycles. The van der Waals surface area contributed by atoms with Crippen LogP contribution >= 0.6 is 11.3 Å². The van der Waals surface area contributed by atoms with Crippen molar-refractivity contribution in [2.75, 3.05) is 0 Å². The van der Waals surface area contributed by atoms with E-state index in [1.165, 1.54) is 4.88 Å². The van der Waals surface area contributed by atoms with Crippen LogP contribution in [-0.4, -0.2) is 11.0 Å². The van der Waals surface area contributed by atoms with Crippen molar-refractivity contribution < 1.29 is 0 Å². The van der Waals surface area contributed by atoms with E-state index in [2.05, 4.69) is 47.7 Å². The molecule has 0 fully saturated rings. The fourth-order valence-corrected chi connectivity index (χ4v) is 2.77. The summed E-state index contributed by atoms with van der Waals surface area (Å²) in [4.78, 5) is 5.80. The van der Waals surface area contributed by atoms with Gasteiger partial charge in [-0.2, -0.15) is 0 Å². The van der Waals surface area contributed by atoms with Crippen LogP contribution in [0, 0.1) is 0 Å². The van der Waals surface area contributed by atoms with Crippen LogP contribution in [0.15, 0.2) is 41.9 Å². The third-order valence-corrected chi connectivity index (χ3v) is 3.65. The summed E-state index contributed by atoms with van der Waals surface area (Å²) < 4.78 is 0. The molecule has 1 N–H and O–H groups in total. The zero-order chi connectivity index (χ0) is 12.1. The fourth-order valence-electron chi connectivity index (χ4n) is 1.93. The predicted molar refractivity (Wildman–Crippen MR) is 73.3 cm³/mol. The molecule has 0 aliphatic rings. The van der Waals surface area contributed by atoms with E-state index in [4.69, 9.17) is 0 Å². The number of pyridine rings is 1. The Kier molecular flexibility index (Phi) is 4.29. The van der Waals surface area contributed by atoms with Crippen LogP contribution < -0.4 is 5.32 Å². The first-order valence-electron chi connectivity index (χ1n) is 5.95. The van der Waals surface area contributed by atoms with Gasteiger partial charge in [-0.15, -0.1) is 11.3 Å². The first kappa shape index (κ1) is 12.3. The number of hydrogen-bond acceptors (Lipinski definition) is 3. The zero-order valence-electron chi connectivity index (χ0n) is 10.3. The van der Waals surface area contributed by atoms with Gasteiger partial charge >= 0.3 is 0 Å². The van der Waals surface area contributed by atoms with Crippen LogP contribution in [0.3, 0.4) is 0 Å². The average Bonchev–Trinajstić information content (AvgIpc) is 2.82. The van der Waals surface area contributed by atoms with E-state index in [1.807, 2.05) is 29.7 Å². The largest absolute Gasteiger partial charge is 0.306 e. The monoisotopic (exact) mass is 246 g/mol. The molecule has 0 saturated heterocycles. The van der Waals surface area contributed by atoms with Gasteiger partial charge in [0.05, 0.1) is 5.69 Å². The minimum Gasteiger partial charge on any atom is -0.306 e. The van der Waals surface area contributed by atoms with Gasteiger partial charge in [-0.25, -0.2) is 0 Å².